The minimum atomic E-state index is 0. The third-order valence-corrected chi connectivity index (χ3v) is 8.42. The largest absolute Gasteiger partial charge is 1.00 e. The number of aryl methyl sites for hydroxylation is 2. The van der Waals surface area contributed by atoms with Crippen molar-refractivity contribution in [2.24, 2.45) is 14.1 Å². The molecular weight excluding hydrogens is 786 g/mol. The van der Waals surface area contributed by atoms with Gasteiger partial charge in [-0.15, -0.1) is 35.0 Å². The van der Waals surface area contributed by atoms with Gasteiger partial charge in [0.2, 0.25) is 0 Å². The molecule has 0 atom stereocenters. The molecule has 2 aromatic heterocycles. The van der Waals surface area contributed by atoms with E-state index in [2.05, 4.69) is 165 Å². The van der Waals surface area contributed by atoms with Gasteiger partial charge in [-0.25, -0.2) is 0 Å². The first-order valence-electron chi connectivity index (χ1n) is 13.2. The van der Waals surface area contributed by atoms with Gasteiger partial charge in [-0.2, -0.15) is 0 Å². The number of nitrogens with zero attached hydrogens (tertiary/aromatic N) is 2. The molecule has 2 nitrogen and oxygen atoms in total. The Labute approximate surface area is 290 Å². The summed E-state index contributed by atoms with van der Waals surface area (Å²) in [4.78, 5) is 0. The van der Waals surface area contributed by atoms with Crippen molar-refractivity contribution >= 4 is 102 Å². The quantitative estimate of drug-likeness (QED) is 0.155. The Morgan fingerprint density at radius 1 is 0.595 bits per heavy atom. The molecule has 0 saturated heterocycles. The Kier molecular flexibility index (Phi) is 10.7. The summed E-state index contributed by atoms with van der Waals surface area (Å²) in [6.45, 7) is 4.62. The van der Waals surface area contributed by atoms with Gasteiger partial charge in [0, 0.05) is 25.1 Å². The van der Waals surface area contributed by atoms with E-state index in [0.29, 0.717) is 0 Å². The molecule has 0 saturated carbocycles. The molecule has 42 heavy (non-hydrogen) atoms. The first kappa shape index (κ1) is 33.2. The van der Waals surface area contributed by atoms with E-state index >= 15 is 0 Å². The first-order chi connectivity index (χ1) is 19.2. The molecule has 0 aliphatic rings. The molecule has 8 heteroatoms. The zero-order valence-electron chi connectivity index (χ0n) is 23.6. The predicted octanol–water partition coefficient (Wildman–Crippen LogP) is 4.72. The maximum Gasteiger partial charge on any atom is 0.00712 e. The van der Waals surface area contributed by atoms with Crippen molar-refractivity contribution < 1.29 is 48.1 Å². The number of fused-ring (bicyclic) bond motifs is 10. The van der Waals surface area contributed by atoms with E-state index in [1.807, 2.05) is 0 Å². The number of halogens is 4. The van der Waals surface area contributed by atoms with Crippen LogP contribution in [-0.2, 0) is 37.4 Å². The smallest absolute Gasteiger partial charge is 0.00712 e. The van der Waals surface area contributed by atoms with Gasteiger partial charge in [0.1, 0.15) is 0 Å². The van der Waals surface area contributed by atoms with E-state index < -0.39 is 0 Å². The SMILES string of the molecule is C[Si](C)=[Zr+2].Cn1c2ccccc2c2[cH-]c3cc(Br)ccc3c21.Cn1c2ccccc2c2[cH-]c3cc(Br)ccc3c21.[Cl-].[Cl-]. The fourth-order valence-electron chi connectivity index (χ4n) is 5.84. The van der Waals surface area contributed by atoms with Crippen molar-refractivity contribution in [3.63, 3.8) is 0 Å². The maximum absolute atomic E-state index is 3.54. The summed E-state index contributed by atoms with van der Waals surface area (Å²) in [7, 11) is 4.29. The van der Waals surface area contributed by atoms with Crippen LogP contribution < -0.4 is 24.8 Å². The van der Waals surface area contributed by atoms with Crippen LogP contribution in [0.2, 0.25) is 13.1 Å². The van der Waals surface area contributed by atoms with Gasteiger partial charge in [-0.3, -0.25) is 0 Å². The topological polar surface area (TPSA) is 9.86 Å². The zero-order chi connectivity index (χ0) is 28.1. The standard InChI is InChI=1S/2C16H11BrN.C2H6Si.2ClH.Zr/c2*1-18-15-5-3-2-4-13(15)14-9-10-8-11(17)6-7-12(10)16(14)18;1-3-2;;;/h2*2-9H,1H3;1-2H3;2*1H;/q2*-1;;;;+2/p-2. The summed E-state index contributed by atoms with van der Waals surface area (Å²) in [6.07, 6.45) is 0. The fraction of sp³-hybridized carbons (Fsp3) is 0.118. The summed E-state index contributed by atoms with van der Waals surface area (Å²) in [6, 6.07) is 34.7. The molecule has 0 aliphatic carbocycles. The van der Waals surface area contributed by atoms with Crippen molar-refractivity contribution in [1.29, 1.82) is 0 Å². The van der Waals surface area contributed by atoms with Crippen LogP contribution in [0, 0.1) is 0 Å². The number of benzene rings is 4. The molecule has 0 N–H and O–H groups in total. The van der Waals surface area contributed by atoms with Gasteiger partial charge >= 0.3 is 41.9 Å². The van der Waals surface area contributed by atoms with E-state index in [9.17, 15) is 0 Å². The van der Waals surface area contributed by atoms with Crippen molar-refractivity contribution in [2.45, 2.75) is 13.1 Å². The second kappa shape index (κ2) is 13.5. The Bertz CT molecular complexity index is 2070. The molecule has 2 heterocycles. The van der Waals surface area contributed by atoms with Crippen LogP contribution in [0.3, 0.4) is 0 Å². The molecule has 0 unspecified atom stereocenters. The van der Waals surface area contributed by atoms with Crippen molar-refractivity contribution in [2.75, 3.05) is 0 Å². The molecule has 0 fully saturated rings. The number of hydrogen-bond donors (Lipinski definition) is 0. The maximum atomic E-state index is 3.54. The minimum absolute atomic E-state index is 0. The second-order valence-electron chi connectivity index (χ2n) is 10.4. The van der Waals surface area contributed by atoms with Crippen LogP contribution in [0.4, 0.5) is 0 Å². The molecule has 6 aromatic carbocycles. The molecule has 8 aromatic rings. The third-order valence-electron chi connectivity index (χ3n) is 7.43. The van der Waals surface area contributed by atoms with Gasteiger partial charge in [0.15, 0.2) is 0 Å². The van der Waals surface area contributed by atoms with Crippen molar-refractivity contribution in [1.82, 2.24) is 9.13 Å². The fourth-order valence-corrected chi connectivity index (χ4v) is 6.59. The number of aromatic nitrogens is 2. The van der Waals surface area contributed by atoms with Crippen LogP contribution in [0.15, 0.2) is 106 Å². The molecule has 0 radical (unpaired) electrons. The van der Waals surface area contributed by atoms with E-state index in [4.69, 9.17) is 0 Å². The van der Waals surface area contributed by atoms with Crippen molar-refractivity contribution in [3.05, 3.63) is 106 Å². The van der Waals surface area contributed by atoms with Gasteiger partial charge in [-0.1, -0.05) is 125 Å². The molecule has 0 spiro atoms. The van der Waals surface area contributed by atoms with Crippen LogP contribution in [0.1, 0.15) is 0 Å². The second-order valence-corrected chi connectivity index (χ2v) is 21.6. The van der Waals surface area contributed by atoms with Gasteiger partial charge in [-0.05, 0) is 32.1 Å². The zero-order valence-corrected chi connectivity index (χ0v) is 31.8. The van der Waals surface area contributed by atoms with E-state index in [1.165, 1.54) is 65.2 Å². The van der Waals surface area contributed by atoms with E-state index in [1.54, 1.807) is 23.3 Å². The average molecular weight is 815 g/mol. The average Bonchev–Trinajstić information content (AvgIpc) is 3.63. The summed E-state index contributed by atoms with van der Waals surface area (Å²) >= 11 is 8.82. The minimum Gasteiger partial charge on any atom is -1.00 e. The van der Waals surface area contributed by atoms with Crippen LogP contribution >= 0.6 is 31.9 Å². The van der Waals surface area contributed by atoms with Crippen LogP contribution in [0.5, 0.6) is 0 Å². The Morgan fingerprint density at radius 2 is 0.952 bits per heavy atom. The summed E-state index contributed by atoms with van der Waals surface area (Å²) < 4.78 is 6.85. The van der Waals surface area contributed by atoms with Gasteiger partial charge in [0.05, 0.1) is 0 Å². The summed E-state index contributed by atoms with van der Waals surface area (Å²) in [5.41, 5.74) is 5.47. The van der Waals surface area contributed by atoms with Crippen molar-refractivity contribution in [3.8, 4) is 0 Å². The number of para-hydroxylation sites is 2. The van der Waals surface area contributed by atoms with E-state index in [0.717, 1.165) is 8.95 Å². The Balaban J connectivity index is 0.000000165. The Hall–Kier alpha value is -1.66. The molecule has 8 rings (SSSR count). The van der Waals surface area contributed by atoms with Crippen LogP contribution in [-0.4, -0.2) is 14.6 Å². The molecule has 0 bridgehead atoms. The number of hydrogen-bond acceptors (Lipinski definition) is 0. The normalized spacial score (nSPS) is 10.9. The molecule has 0 amide bonds. The van der Waals surface area contributed by atoms with Gasteiger partial charge < -0.3 is 33.9 Å². The van der Waals surface area contributed by atoms with Gasteiger partial charge in [0.25, 0.3) is 0 Å². The molecule has 0 aliphatic heterocycles. The summed E-state index contributed by atoms with van der Waals surface area (Å²) in [5.74, 6) is 0. The van der Waals surface area contributed by atoms with E-state index in [-0.39, 0.29) is 30.2 Å². The predicted molar refractivity (Wildman–Crippen MR) is 180 cm³/mol. The third kappa shape index (κ3) is 6.01. The molecular formula is C34H28Br2Cl2N2SiZr-2. The monoisotopic (exact) mass is 810 g/mol. The molecule has 212 valence electrons. The number of rotatable bonds is 0. The summed E-state index contributed by atoms with van der Waals surface area (Å²) in [5, 5.41) is 10.6. The van der Waals surface area contributed by atoms with Crippen LogP contribution in [0.25, 0.3) is 65.2 Å². The first-order valence-corrected chi connectivity index (χ1v) is 21.0. The Morgan fingerprint density at radius 3 is 1.33 bits per heavy atom.